The summed E-state index contributed by atoms with van der Waals surface area (Å²) in [5, 5.41) is 7.05. The van der Waals surface area contributed by atoms with E-state index in [0.29, 0.717) is 0 Å². The Bertz CT molecular complexity index is 779. The lowest BCUT2D eigenvalue weighted by Gasteiger charge is -2.22. The average molecular weight is 433 g/mol. The minimum Gasteiger partial charge on any atom is -0.343 e. The lowest BCUT2D eigenvalue weighted by molar-refractivity contribution is 0.512. The monoisotopic (exact) mass is 432 g/mol. The third-order valence-corrected chi connectivity index (χ3v) is 5.96. The van der Waals surface area contributed by atoms with Crippen LogP contribution in [0.2, 0.25) is 0 Å². The van der Waals surface area contributed by atoms with Gasteiger partial charge >= 0.3 is 0 Å². The zero-order chi connectivity index (χ0) is 21.8. The summed E-state index contributed by atoms with van der Waals surface area (Å²) in [7, 11) is 0. The van der Waals surface area contributed by atoms with Gasteiger partial charge in [0.25, 0.3) is 0 Å². The predicted octanol–water partition coefficient (Wildman–Crippen LogP) is 4.89. The number of likely N-dealkylation sites (tertiary alicyclic amines) is 2. The first-order chi connectivity index (χ1) is 15.9. The minimum atomic E-state index is 0.826. The van der Waals surface area contributed by atoms with Gasteiger partial charge in [-0.3, -0.25) is 9.98 Å². The Morgan fingerprint density at radius 2 is 0.969 bits per heavy atom. The topological polar surface area (TPSA) is 55.3 Å². The second-order valence-corrected chi connectivity index (χ2v) is 8.49. The Kier molecular flexibility index (Phi) is 8.41. The summed E-state index contributed by atoms with van der Waals surface area (Å²) in [6.45, 7) is 6.01. The van der Waals surface area contributed by atoms with Gasteiger partial charge in [0.2, 0.25) is 0 Å². The highest BCUT2D eigenvalue weighted by molar-refractivity contribution is 5.94. The van der Waals surface area contributed by atoms with E-state index in [-0.39, 0.29) is 0 Å². The molecule has 2 fully saturated rings. The number of hydrogen-bond donors (Lipinski definition) is 2. The fraction of sp³-hybridized carbons (Fsp3) is 0.462. The van der Waals surface area contributed by atoms with E-state index >= 15 is 0 Å². The molecule has 0 radical (unpaired) electrons. The van der Waals surface area contributed by atoms with Gasteiger partial charge in [-0.2, -0.15) is 0 Å². The lowest BCUT2D eigenvalue weighted by Crippen LogP contribution is -2.34. The van der Waals surface area contributed by atoms with Crippen molar-refractivity contribution < 1.29 is 0 Å². The van der Waals surface area contributed by atoms with Crippen molar-refractivity contribution in [3.63, 3.8) is 0 Å². The zero-order valence-corrected chi connectivity index (χ0v) is 19.0. The molecular formula is C26H36N6. The Morgan fingerprint density at radius 1 is 0.594 bits per heavy atom. The highest BCUT2D eigenvalue weighted by Crippen LogP contribution is 2.14. The largest absolute Gasteiger partial charge is 0.343 e. The minimum absolute atomic E-state index is 0.826. The number of anilines is 2. The summed E-state index contributed by atoms with van der Waals surface area (Å²) >= 11 is 0. The van der Waals surface area contributed by atoms with Crippen LogP contribution in [-0.2, 0) is 0 Å². The highest BCUT2D eigenvalue weighted by atomic mass is 15.3. The van der Waals surface area contributed by atoms with Crippen LogP contribution in [0.25, 0.3) is 0 Å². The smallest absolute Gasteiger partial charge is 0.198 e. The van der Waals surface area contributed by atoms with Crippen LogP contribution in [0.3, 0.4) is 0 Å². The first-order valence-corrected chi connectivity index (χ1v) is 12.1. The Hall–Kier alpha value is -3.02. The van der Waals surface area contributed by atoms with Gasteiger partial charge in [-0.05, 0) is 62.8 Å². The fourth-order valence-electron chi connectivity index (χ4n) is 4.19. The zero-order valence-electron chi connectivity index (χ0n) is 19.0. The Balaban J connectivity index is 1.29. The predicted molar refractivity (Wildman–Crippen MR) is 136 cm³/mol. The van der Waals surface area contributed by atoms with Crippen molar-refractivity contribution in [3.8, 4) is 0 Å². The normalized spacial score (nSPS) is 17.1. The van der Waals surface area contributed by atoms with Crippen LogP contribution in [0.5, 0.6) is 0 Å². The maximum atomic E-state index is 4.92. The molecule has 2 N–H and O–H groups in total. The molecule has 0 aliphatic carbocycles. The Labute approximate surface area is 192 Å². The third-order valence-electron chi connectivity index (χ3n) is 5.96. The van der Waals surface area contributed by atoms with E-state index in [9.17, 15) is 0 Å². The van der Waals surface area contributed by atoms with Gasteiger partial charge in [-0.1, -0.05) is 36.4 Å². The molecule has 2 aromatic carbocycles. The molecule has 0 aromatic heterocycles. The molecule has 0 atom stereocenters. The molecule has 0 bridgehead atoms. The van der Waals surface area contributed by atoms with Crippen LogP contribution in [0.1, 0.15) is 38.5 Å². The SMILES string of the molecule is c1ccc(NC(=NCCCCN=C(Nc2ccccc2)N2CCCC2)N2CCCC2)cc1. The van der Waals surface area contributed by atoms with Crippen LogP contribution in [0.15, 0.2) is 70.6 Å². The van der Waals surface area contributed by atoms with Gasteiger partial charge in [0.15, 0.2) is 11.9 Å². The highest BCUT2D eigenvalue weighted by Gasteiger charge is 2.17. The molecule has 0 amide bonds. The second-order valence-electron chi connectivity index (χ2n) is 8.49. The van der Waals surface area contributed by atoms with Crippen LogP contribution in [-0.4, -0.2) is 61.0 Å². The van der Waals surface area contributed by atoms with Crippen molar-refractivity contribution in [3.05, 3.63) is 60.7 Å². The molecular weight excluding hydrogens is 396 g/mol. The Morgan fingerprint density at radius 3 is 1.34 bits per heavy atom. The summed E-state index contributed by atoms with van der Waals surface area (Å²) in [6, 6.07) is 20.7. The van der Waals surface area contributed by atoms with Gasteiger partial charge < -0.3 is 20.4 Å². The molecule has 2 aromatic rings. The summed E-state index contributed by atoms with van der Waals surface area (Å²) < 4.78 is 0. The van der Waals surface area contributed by atoms with E-state index < -0.39 is 0 Å². The van der Waals surface area contributed by atoms with Gasteiger partial charge in [0.05, 0.1) is 0 Å². The quantitative estimate of drug-likeness (QED) is 0.371. The maximum absolute atomic E-state index is 4.92. The molecule has 0 spiro atoms. The number of aliphatic imine (C=N–C) groups is 2. The van der Waals surface area contributed by atoms with Crippen molar-refractivity contribution in [1.82, 2.24) is 9.80 Å². The molecule has 0 saturated carbocycles. The molecule has 2 saturated heterocycles. The van der Waals surface area contributed by atoms with Gasteiger partial charge in [0.1, 0.15) is 0 Å². The summed E-state index contributed by atoms with van der Waals surface area (Å²) in [5.74, 6) is 2.03. The average Bonchev–Trinajstić information content (AvgIpc) is 3.56. The number of nitrogens with zero attached hydrogens (tertiary/aromatic N) is 4. The van der Waals surface area contributed by atoms with Crippen molar-refractivity contribution in [2.45, 2.75) is 38.5 Å². The van der Waals surface area contributed by atoms with Crippen molar-refractivity contribution in [1.29, 1.82) is 0 Å². The molecule has 170 valence electrons. The standard InChI is InChI=1S/C26H36N6/c1-3-13-23(14-4-1)29-25(31-19-9-10-20-31)27-17-7-8-18-28-26(32-21-11-12-22-32)30-24-15-5-2-6-16-24/h1-6,13-16H,7-12,17-22H2,(H,27,29)(H,28,30). The van der Waals surface area contributed by atoms with Gasteiger partial charge in [-0.15, -0.1) is 0 Å². The van der Waals surface area contributed by atoms with Crippen LogP contribution in [0, 0.1) is 0 Å². The molecule has 2 aliphatic heterocycles. The van der Waals surface area contributed by atoms with E-state index in [2.05, 4.69) is 69.0 Å². The molecule has 2 heterocycles. The number of para-hydroxylation sites is 2. The van der Waals surface area contributed by atoms with E-state index in [4.69, 9.17) is 9.98 Å². The summed E-state index contributed by atoms with van der Waals surface area (Å²) in [5.41, 5.74) is 2.20. The number of unbranched alkanes of at least 4 members (excludes halogenated alkanes) is 1. The number of rotatable bonds is 7. The summed E-state index contributed by atoms with van der Waals surface area (Å²) in [4.78, 5) is 14.6. The van der Waals surface area contributed by atoms with Crippen LogP contribution < -0.4 is 10.6 Å². The third kappa shape index (κ3) is 6.74. The van der Waals surface area contributed by atoms with E-state index in [0.717, 1.165) is 75.4 Å². The molecule has 0 unspecified atom stereocenters. The van der Waals surface area contributed by atoms with Crippen molar-refractivity contribution in [2.75, 3.05) is 49.9 Å². The maximum Gasteiger partial charge on any atom is 0.198 e. The first kappa shape index (κ1) is 22.2. The van der Waals surface area contributed by atoms with Crippen molar-refractivity contribution >= 4 is 23.3 Å². The molecule has 2 aliphatic rings. The lowest BCUT2D eigenvalue weighted by atomic mass is 10.3. The fourth-order valence-corrected chi connectivity index (χ4v) is 4.19. The van der Waals surface area contributed by atoms with E-state index in [1.165, 1.54) is 25.7 Å². The molecule has 32 heavy (non-hydrogen) atoms. The van der Waals surface area contributed by atoms with Crippen LogP contribution >= 0.6 is 0 Å². The van der Waals surface area contributed by atoms with E-state index in [1.54, 1.807) is 0 Å². The van der Waals surface area contributed by atoms with Gasteiger partial charge in [-0.25, -0.2) is 0 Å². The molecule has 4 rings (SSSR count). The molecule has 6 nitrogen and oxygen atoms in total. The number of guanidine groups is 2. The second kappa shape index (κ2) is 12.1. The number of nitrogens with one attached hydrogen (secondary N) is 2. The number of hydrogen-bond acceptors (Lipinski definition) is 2. The summed E-state index contributed by atoms with van der Waals surface area (Å²) in [6.07, 6.45) is 7.07. The molecule has 6 heteroatoms. The van der Waals surface area contributed by atoms with Crippen LogP contribution in [0.4, 0.5) is 11.4 Å². The number of benzene rings is 2. The first-order valence-electron chi connectivity index (χ1n) is 12.1. The van der Waals surface area contributed by atoms with Crippen molar-refractivity contribution in [2.24, 2.45) is 9.98 Å². The van der Waals surface area contributed by atoms with Gasteiger partial charge in [0, 0.05) is 50.6 Å². The van der Waals surface area contributed by atoms with E-state index in [1.807, 2.05) is 12.1 Å².